The first-order valence-electron chi connectivity index (χ1n) is 11.0. The Kier molecular flexibility index (Phi) is 7.12. The van der Waals surface area contributed by atoms with Gasteiger partial charge in [-0.3, -0.25) is 4.98 Å². The standard InChI is InChI=1S/C26H28N6O/c1-18(2)29-17-21-15-23(13-14-28-21)33-22-10-6-9-20(11-12-22)30-25-16-24(31-26(27)32-25)19-7-4-3-5-8-19/h3-5,7-16,18,29H,6,17H2,1-2H3,(H3,27,30,31,32). The Morgan fingerprint density at radius 2 is 1.88 bits per heavy atom. The lowest BCUT2D eigenvalue weighted by Gasteiger charge is -2.10. The second-order valence-corrected chi connectivity index (χ2v) is 7.94. The van der Waals surface area contributed by atoms with Crippen LogP contribution in [0, 0.1) is 0 Å². The Morgan fingerprint density at radius 1 is 1.03 bits per heavy atom. The van der Waals surface area contributed by atoms with Crippen molar-refractivity contribution in [2.24, 2.45) is 0 Å². The van der Waals surface area contributed by atoms with Gasteiger partial charge < -0.3 is 21.1 Å². The first-order valence-corrected chi connectivity index (χ1v) is 11.0. The molecule has 2 aromatic heterocycles. The van der Waals surface area contributed by atoms with Crippen molar-refractivity contribution in [3.63, 3.8) is 0 Å². The van der Waals surface area contributed by atoms with Crippen molar-refractivity contribution in [3.8, 4) is 17.0 Å². The highest BCUT2D eigenvalue weighted by molar-refractivity contribution is 5.65. The summed E-state index contributed by atoms with van der Waals surface area (Å²) < 4.78 is 6.08. The third kappa shape index (κ3) is 6.51. The van der Waals surface area contributed by atoms with Gasteiger partial charge in [0, 0.05) is 42.2 Å². The summed E-state index contributed by atoms with van der Waals surface area (Å²) >= 11 is 0. The van der Waals surface area contributed by atoms with Crippen LogP contribution in [0.1, 0.15) is 26.0 Å². The van der Waals surface area contributed by atoms with Gasteiger partial charge in [0.05, 0.1) is 11.4 Å². The molecule has 1 aliphatic rings. The van der Waals surface area contributed by atoms with Gasteiger partial charge in [0.2, 0.25) is 5.95 Å². The maximum atomic E-state index is 6.08. The lowest BCUT2D eigenvalue weighted by molar-refractivity contribution is 0.440. The number of allylic oxidation sites excluding steroid dienone is 4. The number of nitrogen functional groups attached to an aromatic ring is 1. The van der Waals surface area contributed by atoms with Crippen molar-refractivity contribution >= 4 is 11.8 Å². The van der Waals surface area contributed by atoms with E-state index < -0.39 is 0 Å². The van der Waals surface area contributed by atoms with E-state index in [4.69, 9.17) is 10.5 Å². The summed E-state index contributed by atoms with van der Waals surface area (Å²) in [7, 11) is 0. The van der Waals surface area contributed by atoms with E-state index in [2.05, 4.69) is 45.5 Å². The number of pyridine rings is 1. The van der Waals surface area contributed by atoms with E-state index in [0.29, 0.717) is 24.8 Å². The number of hydrogen-bond acceptors (Lipinski definition) is 7. The molecule has 0 radical (unpaired) electrons. The van der Waals surface area contributed by atoms with Gasteiger partial charge in [-0.2, -0.15) is 4.98 Å². The molecule has 33 heavy (non-hydrogen) atoms. The zero-order valence-corrected chi connectivity index (χ0v) is 18.8. The van der Waals surface area contributed by atoms with Crippen LogP contribution >= 0.6 is 0 Å². The minimum Gasteiger partial charge on any atom is -0.458 e. The van der Waals surface area contributed by atoms with E-state index in [9.17, 15) is 0 Å². The lowest BCUT2D eigenvalue weighted by atomic mass is 10.1. The second kappa shape index (κ2) is 10.6. The van der Waals surface area contributed by atoms with Crippen LogP contribution in [0.25, 0.3) is 11.3 Å². The fourth-order valence-electron chi connectivity index (χ4n) is 3.27. The zero-order chi connectivity index (χ0) is 23.0. The van der Waals surface area contributed by atoms with Crippen molar-refractivity contribution in [2.75, 3.05) is 11.1 Å². The van der Waals surface area contributed by atoms with Crippen LogP contribution < -0.4 is 21.1 Å². The zero-order valence-electron chi connectivity index (χ0n) is 18.8. The van der Waals surface area contributed by atoms with Gasteiger partial charge >= 0.3 is 0 Å². The average Bonchev–Trinajstić information content (AvgIpc) is 3.03. The monoisotopic (exact) mass is 440 g/mol. The highest BCUT2D eigenvalue weighted by Gasteiger charge is 2.08. The molecule has 7 heteroatoms. The highest BCUT2D eigenvalue weighted by atomic mass is 16.5. The molecule has 0 saturated carbocycles. The van der Waals surface area contributed by atoms with Gasteiger partial charge in [-0.15, -0.1) is 0 Å². The van der Waals surface area contributed by atoms with Crippen molar-refractivity contribution in [2.45, 2.75) is 32.9 Å². The topological polar surface area (TPSA) is 98.0 Å². The van der Waals surface area contributed by atoms with Crippen LogP contribution in [0.4, 0.5) is 11.8 Å². The van der Waals surface area contributed by atoms with Crippen molar-refractivity contribution in [1.29, 1.82) is 0 Å². The second-order valence-electron chi connectivity index (χ2n) is 7.94. The molecule has 0 aliphatic heterocycles. The normalized spacial score (nSPS) is 13.3. The number of benzene rings is 1. The number of nitrogens with one attached hydrogen (secondary N) is 2. The number of nitrogens with zero attached hydrogens (tertiary/aromatic N) is 3. The molecule has 4 rings (SSSR count). The molecule has 0 amide bonds. The highest BCUT2D eigenvalue weighted by Crippen LogP contribution is 2.23. The van der Waals surface area contributed by atoms with E-state index in [1.54, 1.807) is 6.20 Å². The summed E-state index contributed by atoms with van der Waals surface area (Å²) in [6, 6.07) is 16.0. The third-order valence-corrected chi connectivity index (χ3v) is 4.88. The van der Waals surface area contributed by atoms with Crippen LogP contribution in [0.5, 0.6) is 5.75 Å². The number of hydrogen-bond donors (Lipinski definition) is 3. The minimum atomic E-state index is 0.222. The maximum absolute atomic E-state index is 6.08. The third-order valence-electron chi connectivity index (χ3n) is 4.88. The predicted molar refractivity (Wildman–Crippen MR) is 132 cm³/mol. The van der Waals surface area contributed by atoms with Crippen molar-refractivity contribution < 1.29 is 4.74 Å². The van der Waals surface area contributed by atoms with E-state index >= 15 is 0 Å². The van der Waals surface area contributed by atoms with Crippen LogP contribution in [-0.2, 0) is 6.54 Å². The molecule has 1 aliphatic carbocycles. The average molecular weight is 441 g/mol. The minimum absolute atomic E-state index is 0.222. The summed E-state index contributed by atoms with van der Waals surface area (Å²) in [6.45, 7) is 4.92. The van der Waals surface area contributed by atoms with Gasteiger partial charge in [0.1, 0.15) is 17.3 Å². The molecule has 1 aromatic carbocycles. The van der Waals surface area contributed by atoms with Crippen LogP contribution in [-0.4, -0.2) is 21.0 Å². The van der Waals surface area contributed by atoms with Gasteiger partial charge in [-0.1, -0.05) is 50.3 Å². The number of nitrogens with two attached hydrogens (primary N) is 1. The fourth-order valence-corrected chi connectivity index (χ4v) is 3.27. The van der Waals surface area contributed by atoms with Crippen molar-refractivity contribution in [1.82, 2.24) is 20.3 Å². The first kappa shape index (κ1) is 22.2. The van der Waals surface area contributed by atoms with Gasteiger partial charge in [-0.05, 0) is 30.7 Å². The molecule has 0 atom stereocenters. The molecule has 4 N–H and O–H groups in total. The van der Waals surface area contributed by atoms with Gasteiger partial charge in [0.25, 0.3) is 0 Å². The molecule has 0 fully saturated rings. The van der Waals surface area contributed by atoms with Crippen molar-refractivity contribution in [3.05, 3.63) is 96.2 Å². The largest absolute Gasteiger partial charge is 0.458 e. The molecule has 0 saturated heterocycles. The number of rotatable bonds is 8. The maximum Gasteiger partial charge on any atom is 0.222 e. The lowest BCUT2D eigenvalue weighted by Crippen LogP contribution is -2.22. The SMILES string of the molecule is CC(C)NCc1cc(OC2=CCC=C(Nc3cc(-c4ccccc4)nc(N)n3)C=C2)ccn1. The Hall–Kier alpha value is -3.97. The Morgan fingerprint density at radius 3 is 2.70 bits per heavy atom. The van der Waals surface area contributed by atoms with Crippen LogP contribution in [0.3, 0.4) is 0 Å². The Labute approximate surface area is 194 Å². The quantitative estimate of drug-likeness (QED) is 0.461. The molecule has 0 unspecified atom stereocenters. The van der Waals surface area contributed by atoms with E-state index in [-0.39, 0.29) is 5.95 Å². The predicted octanol–water partition coefficient (Wildman–Crippen LogP) is 4.84. The van der Waals surface area contributed by atoms with Gasteiger partial charge in [-0.25, -0.2) is 4.98 Å². The van der Waals surface area contributed by atoms with Crippen LogP contribution in [0.2, 0.25) is 0 Å². The number of aromatic nitrogens is 3. The van der Waals surface area contributed by atoms with Gasteiger partial charge in [0.15, 0.2) is 0 Å². The van der Waals surface area contributed by atoms with Crippen LogP contribution in [0.15, 0.2) is 90.5 Å². The number of anilines is 2. The summed E-state index contributed by atoms with van der Waals surface area (Å²) in [6.07, 6.45) is 10.5. The molecule has 7 nitrogen and oxygen atoms in total. The summed E-state index contributed by atoms with van der Waals surface area (Å²) in [4.78, 5) is 13.1. The molecule has 3 aromatic rings. The summed E-state index contributed by atoms with van der Waals surface area (Å²) in [5, 5.41) is 6.70. The number of ether oxygens (including phenoxy) is 1. The Bertz CT molecular complexity index is 1180. The molecular formula is C26H28N6O. The Balaban J connectivity index is 1.42. The fraction of sp³-hybridized carbons (Fsp3) is 0.192. The smallest absolute Gasteiger partial charge is 0.222 e. The van der Waals surface area contributed by atoms with E-state index in [0.717, 1.165) is 34.2 Å². The molecule has 0 spiro atoms. The summed E-state index contributed by atoms with van der Waals surface area (Å²) in [5.41, 5.74) is 9.55. The van der Waals surface area contributed by atoms with E-state index in [1.807, 2.05) is 66.8 Å². The molecule has 0 bridgehead atoms. The molecule has 2 heterocycles. The molecule has 168 valence electrons. The first-order chi connectivity index (χ1) is 16.0. The van der Waals surface area contributed by atoms with E-state index in [1.165, 1.54) is 0 Å². The molecular weight excluding hydrogens is 412 g/mol. The summed E-state index contributed by atoms with van der Waals surface area (Å²) in [5.74, 6) is 2.39.